The molecule has 1 aliphatic carbocycles. The predicted octanol–water partition coefficient (Wildman–Crippen LogP) is 19.4. The molecule has 77 heavy (non-hydrogen) atoms. The quantitative estimate of drug-likeness (QED) is 0.0945. The van der Waals surface area contributed by atoms with Crippen molar-refractivity contribution < 1.29 is 25.7 Å². The van der Waals surface area contributed by atoms with Gasteiger partial charge >= 0.3 is 392 Å². The molecule has 1 fully saturated rings. The van der Waals surface area contributed by atoms with Gasteiger partial charge in [-0.2, -0.15) is 49.2 Å². The van der Waals surface area contributed by atoms with Crippen LogP contribution in [0.5, 0.6) is 11.5 Å². The number of rotatable bonds is 12. The van der Waals surface area contributed by atoms with Crippen LogP contribution < -0.4 is 0 Å². The number of hydrogen-bond donors (Lipinski definition) is 2. The minimum atomic E-state index is -0.435. The number of fused-ring (bicyclic) bond motifs is 1. The zero-order chi connectivity index (χ0) is 54.8. The van der Waals surface area contributed by atoms with Crippen molar-refractivity contribution in [3.63, 3.8) is 0 Å². The molecule has 8 aromatic carbocycles. The first-order chi connectivity index (χ1) is 36.9. The molecule has 0 saturated heterocycles. The first-order valence-corrected chi connectivity index (χ1v) is 34.5. The van der Waals surface area contributed by atoms with Crippen LogP contribution in [0.4, 0.5) is 0 Å². The van der Waals surface area contributed by atoms with Gasteiger partial charge in [0.2, 0.25) is 0 Å². The van der Waals surface area contributed by atoms with Gasteiger partial charge in [0, 0.05) is 0 Å². The molecule has 4 atom stereocenters. The topological polar surface area (TPSA) is 40.5 Å². The van der Waals surface area contributed by atoms with Crippen molar-refractivity contribution in [2.24, 2.45) is 0 Å². The Morgan fingerprint density at radius 2 is 0.649 bits per heavy atom. The largest absolute Gasteiger partial charge is 0.199 e. The van der Waals surface area contributed by atoms with Gasteiger partial charge in [-0.25, -0.2) is 0 Å². The summed E-state index contributed by atoms with van der Waals surface area (Å²) in [4.78, 5) is 0. The minimum absolute atomic E-state index is 0.198. The van der Waals surface area contributed by atoms with Crippen LogP contribution in [0.15, 0.2) is 206 Å². The van der Waals surface area contributed by atoms with Gasteiger partial charge < -0.3 is 0 Å². The van der Waals surface area contributed by atoms with Crippen molar-refractivity contribution in [1.29, 1.82) is 0 Å². The van der Waals surface area contributed by atoms with E-state index in [4.69, 9.17) is 0 Å². The third-order valence-electron chi connectivity index (χ3n) is 16.5. The molecule has 0 spiro atoms. The Hall–Kier alpha value is -5.49. The SMILES string of the molecule is CC(C)(c1ccccc1)c1cc(C[S]2=[Ti]=[S@@](Cc3cc(C(C)(C)c4ccccc4)cc(C(C)(C)c4ccccc4)c3O)C3CCCCCC[C@@H]32)c(O)c(C(C)(C)c2ccccc2)c1.[CH2-]c1ccccc1.[CH2-]c1ccccc1. The summed E-state index contributed by atoms with van der Waals surface area (Å²) in [6, 6.07) is 72.5. The van der Waals surface area contributed by atoms with E-state index in [9.17, 15) is 10.2 Å². The van der Waals surface area contributed by atoms with Crippen molar-refractivity contribution in [3.05, 3.63) is 287 Å². The van der Waals surface area contributed by atoms with Crippen LogP contribution in [-0.4, -0.2) is 20.7 Å². The number of aromatic hydroxyl groups is 2. The summed E-state index contributed by atoms with van der Waals surface area (Å²) in [7, 11) is 0.396. The number of benzene rings is 8. The number of phenols is 2. The van der Waals surface area contributed by atoms with Gasteiger partial charge in [-0.3, -0.25) is 0 Å². The molecule has 400 valence electrons. The summed E-state index contributed by atoms with van der Waals surface area (Å²) >= 11 is -0.435. The van der Waals surface area contributed by atoms with E-state index >= 15 is 0 Å². The Kier molecular flexibility index (Phi) is 19.1. The van der Waals surface area contributed by atoms with Gasteiger partial charge in [0.15, 0.2) is 0 Å². The van der Waals surface area contributed by atoms with E-state index in [2.05, 4.69) is 215 Å². The van der Waals surface area contributed by atoms with Crippen molar-refractivity contribution in [1.82, 2.24) is 0 Å². The van der Waals surface area contributed by atoms with E-state index in [-0.39, 0.29) is 37.6 Å². The number of hydrogen-bond acceptors (Lipinski definition) is 2. The molecule has 0 amide bonds. The van der Waals surface area contributed by atoms with Gasteiger partial charge in [-0.1, -0.05) is 12.1 Å². The summed E-state index contributed by atoms with van der Waals surface area (Å²) in [5.74, 6) is 2.89. The number of phenolic OH excluding ortho intramolecular Hbond substituents is 2. The van der Waals surface area contributed by atoms with Gasteiger partial charge in [0.1, 0.15) is 0 Å². The van der Waals surface area contributed by atoms with Gasteiger partial charge in [0.05, 0.1) is 0 Å². The Morgan fingerprint density at radius 3 is 0.922 bits per heavy atom. The molecule has 1 saturated carbocycles. The van der Waals surface area contributed by atoms with Gasteiger partial charge in [0.25, 0.3) is 0 Å². The van der Waals surface area contributed by atoms with Crippen molar-refractivity contribution in [3.8, 4) is 11.5 Å². The molecule has 0 radical (unpaired) electrons. The first-order valence-electron chi connectivity index (χ1n) is 27.7. The van der Waals surface area contributed by atoms with Crippen LogP contribution in [0.3, 0.4) is 0 Å². The average molecular weight is 1090 g/mol. The van der Waals surface area contributed by atoms with Gasteiger partial charge in [-0.05, 0) is 0 Å². The van der Waals surface area contributed by atoms with Crippen LogP contribution in [0, 0.1) is 13.8 Å². The second kappa shape index (κ2) is 25.5. The second-order valence-electron chi connectivity index (χ2n) is 23.3. The van der Waals surface area contributed by atoms with Crippen molar-refractivity contribution in [2.45, 2.75) is 138 Å². The van der Waals surface area contributed by atoms with Crippen molar-refractivity contribution in [2.75, 3.05) is 0 Å². The molecule has 0 bridgehead atoms. The third kappa shape index (κ3) is 13.7. The zero-order valence-electron chi connectivity index (χ0n) is 47.1. The summed E-state index contributed by atoms with van der Waals surface area (Å²) in [6.45, 7) is 25.9. The molecule has 2 N–H and O–H groups in total. The zero-order valence-corrected chi connectivity index (χ0v) is 50.3. The molecule has 2 nitrogen and oxygen atoms in total. The maximum atomic E-state index is 12.6. The smallest absolute Gasteiger partial charge is 0.0866 e. The molecule has 2 unspecified atom stereocenters. The Labute approximate surface area is 474 Å². The molecule has 1 heterocycles. The molecule has 8 aromatic rings. The van der Waals surface area contributed by atoms with Crippen LogP contribution in [0.2, 0.25) is 0 Å². The van der Waals surface area contributed by atoms with E-state index in [1.54, 1.807) is 0 Å². The van der Waals surface area contributed by atoms with Crippen LogP contribution in [0.25, 0.3) is 0 Å². The van der Waals surface area contributed by atoms with E-state index in [1.807, 2.05) is 60.7 Å². The Morgan fingerprint density at radius 1 is 0.377 bits per heavy atom. The summed E-state index contributed by atoms with van der Waals surface area (Å²) in [6.07, 6.45) is 7.83. The summed E-state index contributed by atoms with van der Waals surface area (Å²) < 4.78 is 0. The maximum Gasteiger partial charge on any atom is -0.0866 e. The molecule has 1 aliphatic heterocycles. The minimum Gasteiger partial charge on any atom is -0.199 e. The monoisotopic (exact) mass is 1090 g/mol. The fourth-order valence-electron chi connectivity index (χ4n) is 11.2. The van der Waals surface area contributed by atoms with Crippen LogP contribution in [-0.2, 0) is 48.6 Å². The maximum absolute atomic E-state index is 12.6. The molecule has 5 heteroatoms. The standard InChI is InChI=1S/C58H68O2S2.2C7H7.Ti/c1-55(2,43-25-15-11-16-26-43)47-35-41(53(59)49(37-47)57(5,6)45-29-19-13-20-30-45)39-61-51-33-23-9-10-24-34-52(51)62-40-42-36-48(56(3,4)44-27-17-12-18-28-44)38-50(54(42)60)58(7,8)46-31-21-14-22-32-46;2*1-7-5-3-2-4-6-7;/h11-22,25-32,35-38,51-52,59-60H,9-10,23-24,33-34,39-40H2,1-8H3;2*2-6H,1H2;/q;2*-1;/t51-,52?;;;/m0.../s1. The Bertz CT molecular complexity index is 3030. The summed E-state index contributed by atoms with van der Waals surface area (Å²) in [5, 5.41) is 26.6. The normalized spacial score (nSPS) is 17.6. The van der Waals surface area contributed by atoms with Crippen LogP contribution in [0.1, 0.15) is 161 Å². The third-order valence-corrected chi connectivity index (χ3v) is 32.5. The van der Waals surface area contributed by atoms with E-state index in [0.29, 0.717) is 22.0 Å². The molecular formula is C72H82O2S2Ti-2. The average Bonchev–Trinajstić information content (AvgIpc) is 3.76. The second-order valence-corrected chi connectivity index (χ2v) is 34.7. The van der Waals surface area contributed by atoms with E-state index < -0.39 is 15.5 Å². The molecular weight excluding hydrogens is 1010 g/mol. The van der Waals surface area contributed by atoms with Crippen molar-refractivity contribution >= 4 is 15.9 Å². The predicted molar refractivity (Wildman–Crippen MR) is 330 cm³/mol. The van der Waals surface area contributed by atoms with E-state index in [0.717, 1.165) is 44.9 Å². The molecule has 2 aliphatic rings. The van der Waals surface area contributed by atoms with E-state index in [1.165, 1.54) is 71.9 Å². The molecule has 10 rings (SSSR count). The Balaban J connectivity index is 0.000000485. The van der Waals surface area contributed by atoms with Gasteiger partial charge in [-0.15, -0.1) is 24.3 Å². The summed E-state index contributed by atoms with van der Waals surface area (Å²) in [5.41, 5.74) is 12.8. The molecule has 0 aromatic heterocycles. The first kappa shape index (κ1) is 57.7. The van der Waals surface area contributed by atoms with Crippen LogP contribution >= 0.6 is 15.9 Å². The fraction of sp³-hybridized carbons (Fsp3) is 0.306. The fourth-order valence-corrected chi connectivity index (χ4v) is 32.1.